The summed E-state index contributed by atoms with van der Waals surface area (Å²) >= 11 is 0. The van der Waals surface area contributed by atoms with Crippen LogP contribution in [0, 0.1) is 5.82 Å². The van der Waals surface area contributed by atoms with Gasteiger partial charge in [0.15, 0.2) is 0 Å². The summed E-state index contributed by atoms with van der Waals surface area (Å²) in [6.07, 6.45) is -1.65. The van der Waals surface area contributed by atoms with E-state index in [4.69, 9.17) is 4.74 Å². The lowest BCUT2D eigenvalue weighted by Gasteiger charge is -2.20. The predicted octanol–water partition coefficient (Wildman–Crippen LogP) is 3.50. The largest absolute Gasteiger partial charge is 0.419 e. The maximum absolute atomic E-state index is 13.2. The average molecular weight is 291 g/mol. The number of rotatable bonds is 4. The number of hydrogen-bond donors (Lipinski definition) is 1. The summed E-state index contributed by atoms with van der Waals surface area (Å²) in [6.45, 7) is 0.272. The van der Waals surface area contributed by atoms with Crippen molar-refractivity contribution in [3.8, 4) is 0 Å². The monoisotopic (exact) mass is 291 g/mol. The average Bonchev–Trinajstić information content (AvgIpc) is 2.84. The Balaban J connectivity index is 2.03. The van der Waals surface area contributed by atoms with Gasteiger partial charge in [-0.15, -0.1) is 0 Å². The molecule has 2 rings (SSSR count). The summed E-state index contributed by atoms with van der Waals surface area (Å²) in [5.41, 5.74) is -0.799. The van der Waals surface area contributed by atoms with Crippen molar-refractivity contribution >= 4 is 0 Å². The smallest absolute Gasteiger partial charge is 0.380 e. The highest BCUT2D eigenvalue weighted by Gasteiger charge is 2.34. The first kappa shape index (κ1) is 15.3. The number of methoxy groups -OCH3 is 1. The molecule has 0 spiro atoms. The zero-order chi connectivity index (χ0) is 14.8. The zero-order valence-electron chi connectivity index (χ0n) is 11.1. The molecule has 0 bridgehead atoms. The Labute approximate surface area is 115 Å². The van der Waals surface area contributed by atoms with E-state index in [2.05, 4.69) is 5.32 Å². The van der Waals surface area contributed by atoms with Crippen LogP contribution < -0.4 is 5.32 Å². The fourth-order valence-corrected chi connectivity index (χ4v) is 2.59. The van der Waals surface area contributed by atoms with Crippen molar-refractivity contribution in [3.05, 3.63) is 35.1 Å². The molecule has 0 radical (unpaired) electrons. The minimum atomic E-state index is -4.66. The lowest BCUT2D eigenvalue weighted by atomic mass is 10.1. The van der Waals surface area contributed by atoms with E-state index >= 15 is 0 Å². The Kier molecular flexibility index (Phi) is 4.65. The van der Waals surface area contributed by atoms with Crippen molar-refractivity contribution in [1.29, 1.82) is 0 Å². The van der Waals surface area contributed by atoms with Crippen LogP contribution in [0.5, 0.6) is 0 Å². The first-order valence-corrected chi connectivity index (χ1v) is 6.53. The van der Waals surface area contributed by atoms with Crippen LogP contribution in [0.2, 0.25) is 0 Å². The molecule has 1 aliphatic rings. The van der Waals surface area contributed by atoms with Crippen molar-refractivity contribution in [2.75, 3.05) is 7.11 Å². The summed E-state index contributed by atoms with van der Waals surface area (Å²) in [4.78, 5) is 0. The van der Waals surface area contributed by atoms with Gasteiger partial charge in [-0.25, -0.2) is 4.39 Å². The second-order valence-electron chi connectivity index (χ2n) is 5.00. The summed E-state index contributed by atoms with van der Waals surface area (Å²) in [5, 5.41) is 3.18. The Hall–Kier alpha value is -1.14. The maximum atomic E-state index is 13.2. The highest BCUT2D eigenvalue weighted by molar-refractivity contribution is 5.27. The van der Waals surface area contributed by atoms with Crippen LogP contribution in [-0.2, 0) is 17.5 Å². The van der Waals surface area contributed by atoms with Crippen molar-refractivity contribution in [2.45, 2.75) is 44.1 Å². The topological polar surface area (TPSA) is 21.3 Å². The molecule has 1 saturated carbocycles. The number of alkyl halides is 3. The summed E-state index contributed by atoms with van der Waals surface area (Å²) in [7, 11) is 1.63. The zero-order valence-corrected chi connectivity index (χ0v) is 11.1. The first-order chi connectivity index (χ1) is 9.41. The van der Waals surface area contributed by atoms with Crippen molar-refractivity contribution in [2.24, 2.45) is 0 Å². The lowest BCUT2D eigenvalue weighted by Crippen LogP contribution is -2.36. The highest BCUT2D eigenvalue weighted by Crippen LogP contribution is 2.32. The second-order valence-corrected chi connectivity index (χ2v) is 5.00. The minimum absolute atomic E-state index is 0.0949. The SMILES string of the molecule is COC1CCCC1NCc1ccc(F)c(C(F)(F)F)c1. The van der Waals surface area contributed by atoms with E-state index in [9.17, 15) is 17.6 Å². The first-order valence-electron chi connectivity index (χ1n) is 6.53. The molecule has 2 nitrogen and oxygen atoms in total. The lowest BCUT2D eigenvalue weighted by molar-refractivity contribution is -0.140. The molecule has 0 aliphatic heterocycles. The Morgan fingerprint density at radius 3 is 2.70 bits per heavy atom. The van der Waals surface area contributed by atoms with Crippen molar-refractivity contribution in [3.63, 3.8) is 0 Å². The molecule has 2 unspecified atom stereocenters. The summed E-state index contributed by atoms with van der Waals surface area (Å²) in [6, 6.07) is 3.23. The van der Waals surface area contributed by atoms with Crippen LogP contribution in [0.3, 0.4) is 0 Å². The van der Waals surface area contributed by atoms with Crippen LogP contribution in [0.4, 0.5) is 17.6 Å². The quantitative estimate of drug-likeness (QED) is 0.857. The molecule has 1 aromatic carbocycles. The van der Waals surface area contributed by atoms with E-state index in [0.717, 1.165) is 31.4 Å². The molecule has 2 atom stereocenters. The van der Waals surface area contributed by atoms with E-state index in [0.29, 0.717) is 5.56 Å². The van der Waals surface area contributed by atoms with Crippen LogP contribution in [-0.4, -0.2) is 19.3 Å². The van der Waals surface area contributed by atoms with Crippen molar-refractivity contribution in [1.82, 2.24) is 5.32 Å². The number of benzene rings is 1. The van der Waals surface area contributed by atoms with E-state index in [1.165, 1.54) is 6.07 Å². The molecule has 0 aromatic heterocycles. The maximum Gasteiger partial charge on any atom is 0.419 e. The molecule has 6 heteroatoms. The normalized spacial score (nSPS) is 23.2. The van der Waals surface area contributed by atoms with E-state index in [-0.39, 0.29) is 18.7 Å². The van der Waals surface area contributed by atoms with E-state index in [1.807, 2.05) is 0 Å². The molecular weight excluding hydrogens is 274 g/mol. The fraction of sp³-hybridized carbons (Fsp3) is 0.571. The van der Waals surface area contributed by atoms with Gasteiger partial charge >= 0.3 is 6.18 Å². The number of ether oxygens (including phenoxy) is 1. The molecule has 1 fully saturated rings. The van der Waals surface area contributed by atoms with Crippen LogP contribution >= 0.6 is 0 Å². The second kappa shape index (κ2) is 6.10. The van der Waals surface area contributed by atoms with Gasteiger partial charge in [-0.3, -0.25) is 0 Å². The molecular formula is C14H17F4NO. The molecule has 0 saturated heterocycles. The van der Waals surface area contributed by atoms with Gasteiger partial charge < -0.3 is 10.1 Å². The van der Waals surface area contributed by atoms with Crippen LogP contribution in [0.15, 0.2) is 18.2 Å². The molecule has 0 amide bonds. The Morgan fingerprint density at radius 2 is 2.05 bits per heavy atom. The number of halogens is 4. The number of hydrogen-bond acceptors (Lipinski definition) is 2. The minimum Gasteiger partial charge on any atom is -0.380 e. The molecule has 1 aromatic rings. The molecule has 0 heterocycles. The van der Waals surface area contributed by atoms with Gasteiger partial charge in [-0.1, -0.05) is 6.07 Å². The van der Waals surface area contributed by atoms with Crippen molar-refractivity contribution < 1.29 is 22.3 Å². The Bertz CT molecular complexity index is 461. The van der Waals surface area contributed by atoms with Gasteiger partial charge in [0, 0.05) is 19.7 Å². The third-order valence-corrected chi connectivity index (χ3v) is 3.66. The van der Waals surface area contributed by atoms with Gasteiger partial charge in [-0.05, 0) is 37.0 Å². The third kappa shape index (κ3) is 3.49. The van der Waals surface area contributed by atoms with E-state index in [1.54, 1.807) is 7.11 Å². The molecule has 112 valence electrons. The van der Waals surface area contributed by atoms with Crippen LogP contribution in [0.1, 0.15) is 30.4 Å². The predicted molar refractivity (Wildman–Crippen MR) is 66.7 cm³/mol. The molecule has 20 heavy (non-hydrogen) atoms. The molecule has 1 aliphatic carbocycles. The highest BCUT2D eigenvalue weighted by atomic mass is 19.4. The standard InChI is InChI=1S/C14H17F4NO/c1-20-13-4-2-3-12(13)19-8-9-5-6-11(15)10(7-9)14(16,17)18/h5-7,12-13,19H,2-4,8H2,1H3. The molecule has 1 N–H and O–H groups in total. The van der Waals surface area contributed by atoms with Gasteiger partial charge in [0.05, 0.1) is 11.7 Å². The summed E-state index contributed by atoms with van der Waals surface area (Å²) in [5.74, 6) is -1.24. The van der Waals surface area contributed by atoms with Gasteiger partial charge in [0.1, 0.15) is 5.82 Å². The fourth-order valence-electron chi connectivity index (χ4n) is 2.59. The van der Waals surface area contributed by atoms with Crippen LogP contribution in [0.25, 0.3) is 0 Å². The van der Waals surface area contributed by atoms with E-state index < -0.39 is 17.6 Å². The van der Waals surface area contributed by atoms with Gasteiger partial charge in [0.2, 0.25) is 0 Å². The third-order valence-electron chi connectivity index (χ3n) is 3.66. The van der Waals surface area contributed by atoms with Gasteiger partial charge in [0.25, 0.3) is 0 Å². The Morgan fingerprint density at radius 1 is 1.30 bits per heavy atom. The van der Waals surface area contributed by atoms with Gasteiger partial charge in [-0.2, -0.15) is 13.2 Å². The summed E-state index contributed by atoms with van der Waals surface area (Å²) < 4.78 is 56.3. The number of nitrogens with one attached hydrogen (secondary N) is 1.